The Hall–Kier alpha value is -0.170. The summed E-state index contributed by atoms with van der Waals surface area (Å²) in [5.41, 5.74) is 0. The van der Waals surface area contributed by atoms with Gasteiger partial charge in [-0.3, -0.25) is 0 Å². The number of hydrogen-bond acceptors (Lipinski definition) is 3. The van der Waals surface area contributed by atoms with Gasteiger partial charge in [0.05, 0.1) is 0 Å². The van der Waals surface area contributed by atoms with Crippen LogP contribution in [0.1, 0.15) is 40.5 Å². The van der Waals surface area contributed by atoms with E-state index in [2.05, 4.69) is 18.6 Å². The summed E-state index contributed by atoms with van der Waals surface area (Å²) in [7, 11) is -3.44. The summed E-state index contributed by atoms with van der Waals surface area (Å²) >= 11 is 0. The van der Waals surface area contributed by atoms with Crippen LogP contribution in [-0.4, -0.2) is 43.6 Å². The van der Waals surface area contributed by atoms with Gasteiger partial charge in [-0.2, -0.15) is 17.4 Å². The van der Waals surface area contributed by atoms with Crippen molar-refractivity contribution >= 4 is 10.2 Å². The molecule has 3 atom stereocenters. The first-order valence-electron chi connectivity index (χ1n) is 7.14. The standard InChI is InChI=1S/C13H28N2O3S/c1-10(2)13(5-6-16)14-19(17,18)15-8-11(3)7-12(4)9-15/h10-14,16H,5-9H2,1-4H3. The van der Waals surface area contributed by atoms with Crippen LogP contribution in [0.25, 0.3) is 0 Å². The van der Waals surface area contributed by atoms with E-state index in [9.17, 15) is 8.42 Å². The minimum Gasteiger partial charge on any atom is -0.396 e. The first-order valence-corrected chi connectivity index (χ1v) is 8.58. The molecular formula is C13H28N2O3S. The van der Waals surface area contributed by atoms with Crippen molar-refractivity contribution in [3.05, 3.63) is 0 Å². The number of aliphatic hydroxyl groups is 1. The highest BCUT2D eigenvalue weighted by Gasteiger charge is 2.32. The normalized spacial score (nSPS) is 27.7. The summed E-state index contributed by atoms with van der Waals surface area (Å²) in [5.74, 6) is 0.966. The van der Waals surface area contributed by atoms with Crippen molar-refractivity contribution in [3.63, 3.8) is 0 Å². The Kier molecular flexibility index (Phi) is 6.23. The fraction of sp³-hybridized carbons (Fsp3) is 1.00. The fourth-order valence-electron chi connectivity index (χ4n) is 2.74. The quantitative estimate of drug-likeness (QED) is 0.773. The van der Waals surface area contributed by atoms with Gasteiger partial charge in [-0.15, -0.1) is 0 Å². The lowest BCUT2D eigenvalue weighted by molar-refractivity contribution is 0.215. The van der Waals surface area contributed by atoms with Gasteiger partial charge in [-0.25, -0.2) is 0 Å². The zero-order chi connectivity index (χ0) is 14.6. The van der Waals surface area contributed by atoms with E-state index in [0.29, 0.717) is 31.3 Å². The Bertz CT molecular complexity index is 360. The molecule has 0 saturated carbocycles. The molecule has 5 nitrogen and oxygen atoms in total. The number of piperidine rings is 1. The Morgan fingerprint density at radius 1 is 1.26 bits per heavy atom. The van der Waals surface area contributed by atoms with E-state index in [1.165, 1.54) is 0 Å². The molecule has 0 amide bonds. The first kappa shape index (κ1) is 16.9. The summed E-state index contributed by atoms with van der Waals surface area (Å²) in [6.45, 7) is 9.28. The molecule has 2 N–H and O–H groups in total. The monoisotopic (exact) mass is 292 g/mol. The van der Waals surface area contributed by atoms with Crippen LogP contribution in [0.5, 0.6) is 0 Å². The van der Waals surface area contributed by atoms with Gasteiger partial charge in [-0.05, 0) is 30.6 Å². The SMILES string of the molecule is CC1CC(C)CN(S(=O)(=O)NC(CCO)C(C)C)C1. The highest BCUT2D eigenvalue weighted by atomic mass is 32.2. The van der Waals surface area contributed by atoms with E-state index in [1.807, 2.05) is 13.8 Å². The van der Waals surface area contributed by atoms with Crippen LogP contribution in [0.15, 0.2) is 0 Å². The van der Waals surface area contributed by atoms with Crippen molar-refractivity contribution in [1.82, 2.24) is 9.03 Å². The summed E-state index contributed by atoms with van der Waals surface area (Å²) < 4.78 is 29.1. The summed E-state index contributed by atoms with van der Waals surface area (Å²) in [5, 5.41) is 9.03. The third kappa shape index (κ3) is 5.02. The Morgan fingerprint density at radius 2 is 1.79 bits per heavy atom. The van der Waals surface area contributed by atoms with Gasteiger partial charge < -0.3 is 5.11 Å². The molecule has 1 aliphatic rings. The highest BCUT2D eigenvalue weighted by molar-refractivity contribution is 7.87. The third-order valence-corrected chi connectivity index (χ3v) is 5.30. The average molecular weight is 292 g/mol. The van der Waals surface area contributed by atoms with Crippen LogP contribution in [0.4, 0.5) is 0 Å². The molecule has 1 aliphatic heterocycles. The lowest BCUT2D eigenvalue weighted by Crippen LogP contribution is -2.51. The minimum absolute atomic E-state index is 0.00181. The second-order valence-corrected chi connectivity index (χ2v) is 7.95. The molecular weight excluding hydrogens is 264 g/mol. The van der Waals surface area contributed by atoms with Crippen LogP contribution in [0.2, 0.25) is 0 Å². The molecule has 0 aromatic rings. The van der Waals surface area contributed by atoms with E-state index in [4.69, 9.17) is 5.11 Å². The summed E-state index contributed by atoms with van der Waals surface area (Å²) in [6, 6.07) is -0.206. The van der Waals surface area contributed by atoms with Crippen molar-refractivity contribution in [2.45, 2.75) is 46.6 Å². The number of nitrogens with zero attached hydrogens (tertiary/aromatic N) is 1. The van der Waals surface area contributed by atoms with Crippen molar-refractivity contribution in [1.29, 1.82) is 0 Å². The van der Waals surface area contributed by atoms with E-state index < -0.39 is 10.2 Å². The molecule has 1 heterocycles. The number of aliphatic hydroxyl groups excluding tert-OH is 1. The molecule has 3 unspecified atom stereocenters. The number of rotatable bonds is 6. The fourth-order valence-corrected chi connectivity index (χ4v) is 4.56. The van der Waals surface area contributed by atoms with Crippen molar-refractivity contribution < 1.29 is 13.5 Å². The van der Waals surface area contributed by atoms with Crippen LogP contribution < -0.4 is 4.72 Å². The van der Waals surface area contributed by atoms with Gasteiger partial charge in [0.15, 0.2) is 0 Å². The largest absolute Gasteiger partial charge is 0.396 e. The van der Waals surface area contributed by atoms with Gasteiger partial charge >= 0.3 is 0 Å². The highest BCUT2D eigenvalue weighted by Crippen LogP contribution is 2.23. The lowest BCUT2D eigenvalue weighted by atomic mass is 9.94. The molecule has 19 heavy (non-hydrogen) atoms. The Labute approximate surface area is 117 Å². The second-order valence-electron chi connectivity index (χ2n) is 6.25. The van der Waals surface area contributed by atoms with Crippen LogP contribution in [0.3, 0.4) is 0 Å². The molecule has 0 spiro atoms. The maximum atomic E-state index is 12.4. The first-order chi connectivity index (χ1) is 8.76. The van der Waals surface area contributed by atoms with Crippen LogP contribution in [0, 0.1) is 17.8 Å². The zero-order valence-corrected chi connectivity index (χ0v) is 13.3. The molecule has 1 rings (SSSR count). The van der Waals surface area contributed by atoms with Crippen LogP contribution >= 0.6 is 0 Å². The summed E-state index contributed by atoms with van der Waals surface area (Å²) in [4.78, 5) is 0. The predicted octanol–water partition coefficient (Wildman–Crippen LogP) is 1.21. The molecule has 114 valence electrons. The van der Waals surface area contributed by atoms with E-state index in [-0.39, 0.29) is 18.6 Å². The minimum atomic E-state index is -3.44. The molecule has 1 fully saturated rings. The molecule has 1 saturated heterocycles. The summed E-state index contributed by atoms with van der Waals surface area (Å²) in [6.07, 6.45) is 1.53. The average Bonchev–Trinajstić information content (AvgIpc) is 2.26. The molecule has 0 radical (unpaired) electrons. The molecule has 0 aliphatic carbocycles. The predicted molar refractivity (Wildman–Crippen MR) is 76.9 cm³/mol. The maximum Gasteiger partial charge on any atom is 0.279 e. The van der Waals surface area contributed by atoms with Crippen molar-refractivity contribution in [3.8, 4) is 0 Å². The Balaban J connectivity index is 2.73. The molecule has 6 heteroatoms. The second kappa shape index (κ2) is 7.02. The Morgan fingerprint density at radius 3 is 2.21 bits per heavy atom. The molecule has 0 bridgehead atoms. The topological polar surface area (TPSA) is 69.6 Å². The van der Waals surface area contributed by atoms with Crippen molar-refractivity contribution in [2.75, 3.05) is 19.7 Å². The van der Waals surface area contributed by atoms with Gasteiger partial charge in [0.1, 0.15) is 0 Å². The van der Waals surface area contributed by atoms with E-state index in [1.54, 1.807) is 4.31 Å². The van der Waals surface area contributed by atoms with Gasteiger partial charge in [0, 0.05) is 25.7 Å². The zero-order valence-electron chi connectivity index (χ0n) is 12.5. The van der Waals surface area contributed by atoms with Gasteiger partial charge in [0.25, 0.3) is 10.2 Å². The number of nitrogens with one attached hydrogen (secondary N) is 1. The van der Waals surface area contributed by atoms with E-state index in [0.717, 1.165) is 6.42 Å². The van der Waals surface area contributed by atoms with Gasteiger partial charge in [-0.1, -0.05) is 27.7 Å². The maximum absolute atomic E-state index is 12.4. The van der Waals surface area contributed by atoms with Gasteiger partial charge in [0.2, 0.25) is 0 Å². The smallest absolute Gasteiger partial charge is 0.279 e. The van der Waals surface area contributed by atoms with Crippen molar-refractivity contribution in [2.24, 2.45) is 17.8 Å². The molecule has 0 aromatic heterocycles. The van der Waals surface area contributed by atoms with E-state index >= 15 is 0 Å². The number of hydrogen-bond donors (Lipinski definition) is 2. The van der Waals surface area contributed by atoms with Crippen LogP contribution in [-0.2, 0) is 10.2 Å². The lowest BCUT2D eigenvalue weighted by Gasteiger charge is -2.35. The third-order valence-electron chi connectivity index (χ3n) is 3.72. The molecule has 0 aromatic carbocycles.